The van der Waals surface area contributed by atoms with Gasteiger partial charge in [-0.3, -0.25) is 10.1 Å². The number of nitrogens with zero attached hydrogens (tertiary/aromatic N) is 4. The molecule has 7 nitrogen and oxygen atoms in total. The van der Waals surface area contributed by atoms with Crippen molar-refractivity contribution in [3.05, 3.63) is 46.3 Å². The summed E-state index contributed by atoms with van der Waals surface area (Å²) in [7, 11) is 1.78. The van der Waals surface area contributed by atoms with Crippen molar-refractivity contribution in [2.24, 2.45) is 7.05 Å². The molecule has 8 heteroatoms. The van der Waals surface area contributed by atoms with E-state index in [1.807, 2.05) is 0 Å². The topological polar surface area (TPSA) is 85.9 Å². The van der Waals surface area contributed by atoms with Gasteiger partial charge in [-0.1, -0.05) is 0 Å². The third-order valence-corrected chi connectivity index (χ3v) is 2.61. The molecule has 1 N–H and O–H groups in total. The lowest BCUT2D eigenvalue weighted by Gasteiger charge is -2.14. The fourth-order valence-electron chi connectivity index (χ4n) is 1.76. The smallest absolute Gasteiger partial charge is 0.274 e. The zero-order chi connectivity index (χ0) is 14.0. The Kier molecular flexibility index (Phi) is 3.41. The third-order valence-electron chi connectivity index (χ3n) is 2.61. The van der Waals surface area contributed by atoms with Crippen LogP contribution in [0.1, 0.15) is 18.8 Å². The Bertz CT molecular complexity index is 613. The van der Waals surface area contributed by atoms with E-state index in [9.17, 15) is 14.5 Å². The lowest BCUT2D eigenvalue weighted by molar-refractivity contribution is -0.385. The van der Waals surface area contributed by atoms with Crippen LogP contribution < -0.4 is 5.32 Å². The van der Waals surface area contributed by atoms with Gasteiger partial charge in [0.05, 0.1) is 17.0 Å². The Morgan fingerprint density at radius 2 is 2.21 bits per heavy atom. The van der Waals surface area contributed by atoms with Gasteiger partial charge in [0.2, 0.25) is 0 Å². The maximum absolute atomic E-state index is 13.3. The summed E-state index contributed by atoms with van der Waals surface area (Å²) in [6.07, 6.45) is 1.54. The van der Waals surface area contributed by atoms with Crippen LogP contribution in [0.5, 0.6) is 0 Å². The van der Waals surface area contributed by atoms with E-state index in [0.29, 0.717) is 11.5 Å². The molecule has 1 atom stereocenters. The molecule has 0 spiro atoms. The van der Waals surface area contributed by atoms with Gasteiger partial charge in [0.15, 0.2) is 5.82 Å². The summed E-state index contributed by atoms with van der Waals surface area (Å²) in [5.41, 5.74) is 0.0230. The molecule has 1 aromatic carbocycles. The van der Waals surface area contributed by atoms with E-state index in [4.69, 9.17) is 0 Å². The first-order chi connectivity index (χ1) is 8.97. The highest BCUT2D eigenvalue weighted by molar-refractivity contribution is 5.52. The summed E-state index contributed by atoms with van der Waals surface area (Å²) >= 11 is 0. The van der Waals surface area contributed by atoms with Gasteiger partial charge in [-0.15, -0.1) is 10.2 Å². The summed E-state index contributed by atoms with van der Waals surface area (Å²) < 4.78 is 15.0. The van der Waals surface area contributed by atoms with E-state index in [2.05, 4.69) is 15.5 Å². The molecule has 0 bridgehead atoms. The van der Waals surface area contributed by atoms with Gasteiger partial charge in [-0.05, 0) is 13.0 Å². The summed E-state index contributed by atoms with van der Waals surface area (Å²) in [6.45, 7) is 1.81. The Morgan fingerprint density at radius 3 is 2.79 bits per heavy atom. The van der Waals surface area contributed by atoms with E-state index in [1.54, 1.807) is 24.9 Å². The molecule has 0 saturated heterocycles. The molecule has 2 aromatic rings. The average Bonchev–Trinajstić information content (AvgIpc) is 2.74. The number of nitro benzene ring substituents is 1. The zero-order valence-electron chi connectivity index (χ0n) is 10.4. The number of nitro groups is 1. The van der Waals surface area contributed by atoms with Crippen molar-refractivity contribution in [2.75, 3.05) is 5.32 Å². The first-order valence-electron chi connectivity index (χ1n) is 5.53. The summed E-state index contributed by atoms with van der Waals surface area (Å²) in [5.74, 6) is -0.0196. The standard InChI is InChI=1S/C11H12FN5O2/c1-7(11-15-13-6-16(11)2)14-9-3-8(12)4-10(5-9)17(18)19/h3-7,14H,1-2H3. The Balaban J connectivity index is 2.24. The van der Waals surface area contributed by atoms with Gasteiger partial charge in [0.25, 0.3) is 5.69 Å². The number of nitrogens with one attached hydrogen (secondary N) is 1. The minimum absolute atomic E-state index is 0.256. The molecule has 0 aliphatic carbocycles. The Labute approximate surface area is 108 Å². The van der Waals surface area contributed by atoms with Crippen LogP contribution in [0.2, 0.25) is 0 Å². The van der Waals surface area contributed by atoms with Crippen LogP contribution in [0.25, 0.3) is 0 Å². The van der Waals surface area contributed by atoms with E-state index in [-0.39, 0.29) is 11.7 Å². The van der Waals surface area contributed by atoms with Crippen LogP contribution in [-0.4, -0.2) is 19.7 Å². The van der Waals surface area contributed by atoms with Crippen molar-refractivity contribution in [2.45, 2.75) is 13.0 Å². The van der Waals surface area contributed by atoms with Crippen molar-refractivity contribution in [3.8, 4) is 0 Å². The van der Waals surface area contributed by atoms with Crippen LogP contribution >= 0.6 is 0 Å². The minimum atomic E-state index is -0.665. The molecule has 1 aromatic heterocycles. The van der Waals surface area contributed by atoms with Crippen LogP contribution in [0.15, 0.2) is 24.5 Å². The second kappa shape index (κ2) is 5.01. The number of hydrogen-bond donors (Lipinski definition) is 1. The molecule has 0 saturated carbocycles. The molecule has 1 unspecified atom stereocenters. The van der Waals surface area contributed by atoms with Crippen molar-refractivity contribution < 1.29 is 9.31 Å². The molecule has 100 valence electrons. The number of hydrogen-bond acceptors (Lipinski definition) is 5. The normalized spacial score (nSPS) is 12.2. The predicted molar refractivity (Wildman–Crippen MR) is 66.1 cm³/mol. The molecular formula is C11H12FN5O2. The van der Waals surface area contributed by atoms with Crippen molar-refractivity contribution in [1.82, 2.24) is 14.8 Å². The maximum atomic E-state index is 13.3. The molecule has 0 radical (unpaired) electrons. The molecular weight excluding hydrogens is 253 g/mol. The van der Waals surface area contributed by atoms with Gasteiger partial charge in [0.1, 0.15) is 12.1 Å². The van der Waals surface area contributed by atoms with Crippen LogP contribution in [0, 0.1) is 15.9 Å². The number of aryl methyl sites for hydroxylation is 1. The SMILES string of the molecule is CC(Nc1cc(F)cc([N+](=O)[O-])c1)c1nncn1C. The van der Waals surface area contributed by atoms with Crippen molar-refractivity contribution >= 4 is 11.4 Å². The number of benzene rings is 1. The molecule has 0 aliphatic heterocycles. The van der Waals surface area contributed by atoms with Gasteiger partial charge in [-0.25, -0.2) is 4.39 Å². The van der Waals surface area contributed by atoms with E-state index in [0.717, 1.165) is 6.07 Å². The lowest BCUT2D eigenvalue weighted by Crippen LogP contribution is -2.12. The highest BCUT2D eigenvalue weighted by Gasteiger charge is 2.14. The maximum Gasteiger partial charge on any atom is 0.274 e. The van der Waals surface area contributed by atoms with E-state index >= 15 is 0 Å². The highest BCUT2D eigenvalue weighted by atomic mass is 19.1. The number of non-ortho nitro benzene ring substituents is 1. The van der Waals surface area contributed by atoms with Gasteiger partial charge in [-0.2, -0.15) is 0 Å². The largest absolute Gasteiger partial charge is 0.375 e. The summed E-state index contributed by atoms with van der Waals surface area (Å²) in [6, 6.07) is 3.09. The molecule has 0 aliphatic rings. The third kappa shape index (κ3) is 2.84. The summed E-state index contributed by atoms with van der Waals surface area (Å²) in [5, 5.41) is 21.3. The molecule has 19 heavy (non-hydrogen) atoms. The van der Waals surface area contributed by atoms with Crippen molar-refractivity contribution in [1.29, 1.82) is 0 Å². The van der Waals surface area contributed by atoms with E-state index < -0.39 is 10.7 Å². The predicted octanol–water partition coefficient (Wildman–Crippen LogP) is 2.04. The Morgan fingerprint density at radius 1 is 1.47 bits per heavy atom. The molecule has 1 heterocycles. The molecule has 0 amide bonds. The molecule has 0 fully saturated rings. The van der Waals surface area contributed by atoms with Gasteiger partial charge >= 0.3 is 0 Å². The zero-order valence-corrected chi connectivity index (χ0v) is 10.4. The van der Waals surface area contributed by atoms with Crippen molar-refractivity contribution in [3.63, 3.8) is 0 Å². The fraction of sp³-hybridized carbons (Fsp3) is 0.273. The van der Waals surface area contributed by atoms with Crippen LogP contribution in [0.3, 0.4) is 0 Å². The fourth-order valence-corrected chi connectivity index (χ4v) is 1.76. The van der Waals surface area contributed by atoms with Gasteiger partial charge < -0.3 is 9.88 Å². The number of aromatic nitrogens is 3. The minimum Gasteiger partial charge on any atom is -0.375 e. The second-order valence-electron chi connectivity index (χ2n) is 4.12. The van der Waals surface area contributed by atoms with Crippen LogP contribution in [-0.2, 0) is 7.05 Å². The average molecular weight is 265 g/mol. The number of rotatable bonds is 4. The lowest BCUT2D eigenvalue weighted by atomic mass is 10.2. The first kappa shape index (κ1) is 12.9. The Hall–Kier alpha value is -2.51. The quantitative estimate of drug-likeness (QED) is 0.675. The van der Waals surface area contributed by atoms with Gasteiger partial charge in [0, 0.05) is 18.8 Å². The molecule has 2 rings (SSSR count). The number of anilines is 1. The number of halogens is 1. The highest BCUT2D eigenvalue weighted by Crippen LogP contribution is 2.23. The monoisotopic (exact) mass is 265 g/mol. The first-order valence-corrected chi connectivity index (χ1v) is 5.53. The second-order valence-corrected chi connectivity index (χ2v) is 4.12. The van der Waals surface area contributed by atoms with E-state index in [1.165, 1.54) is 12.1 Å². The van der Waals surface area contributed by atoms with Crippen LogP contribution in [0.4, 0.5) is 15.8 Å². The summed E-state index contributed by atoms with van der Waals surface area (Å²) in [4.78, 5) is 10.0.